The molecular formula is C27H29F2N3O4S. The Balaban J connectivity index is 2.04. The van der Waals surface area contributed by atoms with Crippen molar-refractivity contribution in [3.63, 3.8) is 0 Å². The van der Waals surface area contributed by atoms with Crippen molar-refractivity contribution in [1.82, 2.24) is 10.2 Å². The van der Waals surface area contributed by atoms with Gasteiger partial charge in [0.05, 0.1) is 11.9 Å². The number of carbonyl (C=O) groups is 2. The molecule has 3 rings (SSSR count). The van der Waals surface area contributed by atoms with Crippen LogP contribution in [0, 0.1) is 18.6 Å². The normalized spacial score (nSPS) is 12.0. The third-order valence-corrected chi connectivity index (χ3v) is 6.96. The van der Waals surface area contributed by atoms with Gasteiger partial charge in [-0.3, -0.25) is 13.9 Å². The predicted octanol–water partition coefficient (Wildman–Crippen LogP) is 3.43. The number of anilines is 1. The van der Waals surface area contributed by atoms with E-state index in [1.807, 2.05) is 55.5 Å². The average Bonchev–Trinajstić information content (AvgIpc) is 2.86. The second-order valence-electron chi connectivity index (χ2n) is 8.70. The van der Waals surface area contributed by atoms with Crippen LogP contribution in [0.2, 0.25) is 0 Å². The number of rotatable bonds is 10. The molecule has 37 heavy (non-hydrogen) atoms. The molecule has 0 spiro atoms. The van der Waals surface area contributed by atoms with Crippen molar-refractivity contribution in [2.45, 2.75) is 25.9 Å². The monoisotopic (exact) mass is 529 g/mol. The third-order valence-electron chi connectivity index (χ3n) is 5.82. The Labute approximate surface area is 215 Å². The Morgan fingerprint density at radius 3 is 2.19 bits per heavy atom. The van der Waals surface area contributed by atoms with Gasteiger partial charge in [-0.15, -0.1) is 0 Å². The summed E-state index contributed by atoms with van der Waals surface area (Å²) in [6.07, 6.45) is 1.05. The van der Waals surface area contributed by atoms with Gasteiger partial charge in [0.25, 0.3) is 0 Å². The molecule has 0 aromatic heterocycles. The molecule has 3 aromatic rings. The van der Waals surface area contributed by atoms with Crippen molar-refractivity contribution >= 4 is 27.5 Å². The highest BCUT2D eigenvalue weighted by Gasteiger charge is 2.32. The fourth-order valence-corrected chi connectivity index (χ4v) is 4.82. The summed E-state index contributed by atoms with van der Waals surface area (Å²) in [5.74, 6) is -3.50. The van der Waals surface area contributed by atoms with E-state index in [0.29, 0.717) is 4.31 Å². The van der Waals surface area contributed by atoms with Crippen molar-refractivity contribution in [1.29, 1.82) is 0 Å². The summed E-state index contributed by atoms with van der Waals surface area (Å²) in [6, 6.07) is 18.1. The number of amides is 2. The largest absolute Gasteiger partial charge is 0.357 e. The molecule has 1 N–H and O–H groups in total. The molecule has 0 unspecified atom stereocenters. The van der Waals surface area contributed by atoms with E-state index in [4.69, 9.17) is 0 Å². The Kier molecular flexibility index (Phi) is 8.99. The van der Waals surface area contributed by atoms with Gasteiger partial charge in [0.2, 0.25) is 21.8 Å². The molecule has 0 aliphatic heterocycles. The first-order valence-electron chi connectivity index (χ1n) is 11.5. The molecule has 0 aliphatic rings. The summed E-state index contributed by atoms with van der Waals surface area (Å²) in [5.41, 5.74) is 2.29. The zero-order valence-corrected chi connectivity index (χ0v) is 21.6. The van der Waals surface area contributed by atoms with Gasteiger partial charge in [-0.25, -0.2) is 17.2 Å². The number of carbonyl (C=O) groups excluding carboxylic acids is 2. The van der Waals surface area contributed by atoms with Crippen molar-refractivity contribution in [3.05, 3.63) is 101 Å². The fourth-order valence-electron chi connectivity index (χ4n) is 3.98. The van der Waals surface area contributed by atoms with E-state index < -0.39 is 46.1 Å². The first-order valence-corrected chi connectivity index (χ1v) is 13.4. The second kappa shape index (κ2) is 12.0. The highest BCUT2D eigenvalue weighted by atomic mass is 32.2. The zero-order valence-electron chi connectivity index (χ0n) is 20.8. The number of aryl methyl sites for hydroxylation is 1. The summed E-state index contributed by atoms with van der Waals surface area (Å²) < 4.78 is 53.3. The number of likely N-dealkylation sites (N-methyl/N-ethyl adjacent to an activating group) is 1. The predicted molar refractivity (Wildman–Crippen MR) is 138 cm³/mol. The lowest BCUT2D eigenvalue weighted by Crippen LogP contribution is -2.52. The molecule has 0 aliphatic carbocycles. The van der Waals surface area contributed by atoms with Crippen molar-refractivity contribution in [2.24, 2.45) is 0 Å². The van der Waals surface area contributed by atoms with Crippen LogP contribution in [-0.2, 0) is 32.6 Å². The van der Waals surface area contributed by atoms with Crippen LogP contribution in [0.15, 0.2) is 72.8 Å². The average molecular weight is 530 g/mol. The lowest BCUT2D eigenvalue weighted by Gasteiger charge is -2.33. The minimum Gasteiger partial charge on any atom is -0.357 e. The SMILES string of the molecule is CNC(=O)[C@H](Cc1ccccc1)N(Cc1cccc(C)c1)C(=O)CN(c1ccc(F)c(F)c1)S(C)(=O)=O. The molecule has 0 saturated heterocycles. The Hall–Kier alpha value is -3.79. The van der Waals surface area contributed by atoms with Gasteiger partial charge >= 0.3 is 0 Å². The standard InChI is InChI=1S/C27H29F2N3O4S/c1-19-8-7-11-21(14-19)17-31(25(27(34)30-2)15-20-9-5-4-6-10-20)26(33)18-32(37(3,35)36)22-12-13-23(28)24(29)16-22/h4-14,16,25H,15,17-18H2,1-3H3,(H,30,34)/t25-/m0/s1. The molecule has 7 nitrogen and oxygen atoms in total. The molecule has 3 aromatic carbocycles. The van der Waals surface area contributed by atoms with E-state index in [-0.39, 0.29) is 18.7 Å². The van der Waals surface area contributed by atoms with E-state index in [0.717, 1.165) is 41.1 Å². The smallest absolute Gasteiger partial charge is 0.244 e. The van der Waals surface area contributed by atoms with Crippen molar-refractivity contribution in [3.8, 4) is 0 Å². The molecule has 0 saturated carbocycles. The van der Waals surface area contributed by atoms with E-state index in [9.17, 15) is 26.8 Å². The number of nitrogens with one attached hydrogen (secondary N) is 1. The van der Waals surface area contributed by atoms with Gasteiger partial charge in [0.1, 0.15) is 12.6 Å². The number of sulfonamides is 1. The number of halogens is 2. The first kappa shape index (κ1) is 27.8. The Morgan fingerprint density at radius 1 is 0.919 bits per heavy atom. The highest BCUT2D eigenvalue weighted by molar-refractivity contribution is 7.92. The van der Waals surface area contributed by atoms with E-state index in [1.54, 1.807) is 6.07 Å². The van der Waals surface area contributed by atoms with Crippen LogP contribution in [0.3, 0.4) is 0 Å². The summed E-state index contributed by atoms with van der Waals surface area (Å²) >= 11 is 0. The topological polar surface area (TPSA) is 86.8 Å². The zero-order chi connectivity index (χ0) is 27.2. The molecule has 0 radical (unpaired) electrons. The maximum atomic E-state index is 13.9. The van der Waals surface area contributed by atoms with Gasteiger partial charge < -0.3 is 10.2 Å². The maximum Gasteiger partial charge on any atom is 0.244 e. The number of benzene rings is 3. The minimum atomic E-state index is -4.07. The van der Waals surface area contributed by atoms with E-state index in [1.165, 1.54) is 11.9 Å². The highest BCUT2D eigenvalue weighted by Crippen LogP contribution is 2.22. The van der Waals surface area contributed by atoms with Crippen molar-refractivity contribution < 1.29 is 26.8 Å². The summed E-state index contributed by atoms with van der Waals surface area (Å²) in [4.78, 5) is 28.1. The summed E-state index contributed by atoms with van der Waals surface area (Å²) in [6.45, 7) is 1.21. The lowest BCUT2D eigenvalue weighted by molar-refractivity contribution is -0.139. The van der Waals surface area contributed by atoms with Crippen LogP contribution in [0.25, 0.3) is 0 Å². The van der Waals surface area contributed by atoms with Crippen LogP contribution in [0.5, 0.6) is 0 Å². The second-order valence-corrected chi connectivity index (χ2v) is 10.6. The van der Waals surface area contributed by atoms with Crippen LogP contribution in [-0.4, -0.2) is 51.0 Å². The summed E-state index contributed by atoms with van der Waals surface area (Å²) in [7, 11) is -2.61. The Morgan fingerprint density at radius 2 is 1.59 bits per heavy atom. The number of hydrogen-bond donors (Lipinski definition) is 1. The fraction of sp³-hybridized carbons (Fsp3) is 0.259. The molecule has 196 valence electrons. The molecular weight excluding hydrogens is 500 g/mol. The molecule has 0 bridgehead atoms. The van der Waals surface area contributed by atoms with Gasteiger partial charge in [-0.2, -0.15) is 0 Å². The molecule has 0 heterocycles. The quantitative estimate of drug-likeness (QED) is 0.436. The molecule has 10 heteroatoms. The van der Waals surface area contributed by atoms with Gasteiger partial charge in [0.15, 0.2) is 11.6 Å². The lowest BCUT2D eigenvalue weighted by atomic mass is 10.0. The van der Waals surface area contributed by atoms with Crippen LogP contribution in [0.1, 0.15) is 16.7 Å². The Bertz CT molecular complexity index is 1370. The van der Waals surface area contributed by atoms with Crippen molar-refractivity contribution in [2.75, 3.05) is 24.2 Å². The minimum absolute atomic E-state index is 0.0286. The molecule has 2 amide bonds. The van der Waals surface area contributed by atoms with Gasteiger partial charge in [-0.05, 0) is 30.2 Å². The third kappa shape index (κ3) is 7.36. The first-order chi connectivity index (χ1) is 17.5. The van der Waals surface area contributed by atoms with Gasteiger partial charge in [0, 0.05) is 26.1 Å². The summed E-state index contributed by atoms with van der Waals surface area (Å²) in [5, 5.41) is 2.59. The van der Waals surface area contributed by atoms with Crippen LogP contribution < -0.4 is 9.62 Å². The van der Waals surface area contributed by atoms with E-state index in [2.05, 4.69) is 5.32 Å². The number of nitrogens with zero attached hydrogens (tertiary/aromatic N) is 2. The van der Waals surface area contributed by atoms with Crippen LogP contribution >= 0.6 is 0 Å². The van der Waals surface area contributed by atoms with Gasteiger partial charge in [-0.1, -0.05) is 60.2 Å². The number of hydrogen-bond acceptors (Lipinski definition) is 4. The van der Waals surface area contributed by atoms with E-state index >= 15 is 0 Å². The molecule has 0 fully saturated rings. The van der Waals surface area contributed by atoms with Crippen LogP contribution in [0.4, 0.5) is 14.5 Å². The maximum absolute atomic E-state index is 13.9. The molecule has 1 atom stereocenters.